The minimum atomic E-state index is -3.97. The standard InChI is InChI=1S/C19H17ClN2O4S2/c1-22(16-9-3-2-4-10-16)28(25,26)17-11-7-8-15(14-17)21-27(23,24)19-13-6-5-12-18(19)20/h2-14,21H,1H3. The van der Waals surface area contributed by atoms with E-state index in [9.17, 15) is 16.8 Å². The first-order valence-electron chi connectivity index (χ1n) is 8.13. The number of nitrogens with one attached hydrogen (secondary N) is 1. The molecule has 3 aromatic carbocycles. The number of nitrogens with zero attached hydrogens (tertiary/aromatic N) is 1. The van der Waals surface area contributed by atoms with Gasteiger partial charge in [0.25, 0.3) is 20.0 Å². The molecular formula is C19H17ClN2O4S2. The Labute approximate surface area is 169 Å². The predicted octanol–water partition coefficient (Wildman–Crippen LogP) is 3.97. The van der Waals surface area contributed by atoms with Crippen LogP contribution in [0.1, 0.15) is 0 Å². The summed E-state index contributed by atoms with van der Waals surface area (Å²) in [5, 5.41) is 0.0718. The van der Waals surface area contributed by atoms with Crippen LogP contribution in [0.25, 0.3) is 0 Å². The summed E-state index contributed by atoms with van der Waals surface area (Å²) in [6.45, 7) is 0. The highest BCUT2D eigenvalue weighted by Gasteiger charge is 2.23. The van der Waals surface area contributed by atoms with Crippen LogP contribution in [0.4, 0.5) is 11.4 Å². The van der Waals surface area contributed by atoms with Gasteiger partial charge in [0.05, 0.1) is 21.3 Å². The van der Waals surface area contributed by atoms with Gasteiger partial charge in [0.2, 0.25) is 0 Å². The average molecular weight is 437 g/mol. The van der Waals surface area contributed by atoms with E-state index < -0.39 is 20.0 Å². The number of hydrogen-bond donors (Lipinski definition) is 1. The van der Waals surface area contributed by atoms with Crippen LogP contribution in [-0.4, -0.2) is 23.9 Å². The molecule has 0 spiro atoms. The monoisotopic (exact) mass is 436 g/mol. The average Bonchev–Trinajstić information content (AvgIpc) is 2.68. The van der Waals surface area contributed by atoms with Crippen LogP contribution in [0.2, 0.25) is 5.02 Å². The highest BCUT2D eigenvalue weighted by molar-refractivity contribution is 7.93. The van der Waals surface area contributed by atoms with E-state index in [0.717, 1.165) is 4.31 Å². The number of halogens is 1. The number of hydrogen-bond acceptors (Lipinski definition) is 4. The Bertz CT molecular complexity index is 1200. The van der Waals surface area contributed by atoms with E-state index in [2.05, 4.69) is 4.72 Å². The van der Waals surface area contributed by atoms with Gasteiger partial charge in [-0.05, 0) is 42.5 Å². The first kappa shape index (κ1) is 20.2. The lowest BCUT2D eigenvalue weighted by Gasteiger charge is -2.20. The molecule has 0 aliphatic rings. The van der Waals surface area contributed by atoms with E-state index in [1.54, 1.807) is 42.5 Å². The number of para-hydroxylation sites is 1. The molecule has 1 N–H and O–H groups in total. The van der Waals surface area contributed by atoms with E-state index in [1.807, 2.05) is 0 Å². The molecular weight excluding hydrogens is 420 g/mol. The van der Waals surface area contributed by atoms with Gasteiger partial charge in [-0.15, -0.1) is 0 Å². The molecule has 9 heteroatoms. The third-order valence-corrected chi connectivity index (χ3v) is 7.65. The first-order valence-corrected chi connectivity index (χ1v) is 11.4. The second-order valence-electron chi connectivity index (χ2n) is 5.87. The van der Waals surface area contributed by atoms with Gasteiger partial charge in [-0.1, -0.05) is 48.0 Å². The van der Waals surface area contributed by atoms with Gasteiger partial charge in [0, 0.05) is 7.05 Å². The maximum Gasteiger partial charge on any atom is 0.264 e. The Morgan fingerprint density at radius 2 is 1.46 bits per heavy atom. The third-order valence-electron chi connectivity index (χ3n) is 3.99. The normalized spacial score (nSPS) is 11.8. The molecule has 3 rings (SSSR count). The summed E-state index contributed by atoms with van der Waals surface area (Å²) in [6, 6.07) is 20.2. The smallest absolute Gasteiger partial charge is 0.264 e. The molecule has 0 aromatic heterocycles. The topological polar surface area (TPSA) is 83.6 Å². The number of anilines is 2. The maximum atomic E-state index is 12.9. The van der Waals surface area contributed by atoms with E-state index in [1.165, 1.54) is 43.4 Å². The molecule has 146 valence electrons. The summed E-state index contributed by atoms with van der Waals surface area (Å²) >= 11 is 5.97. The molecule has 0 atom stereocenters. The van der Waals surface area contributed by atoms with Crippen molar-refractivity contribution in [1.29, 1.82) is 0 Å². The SMILES string of the molecule is CN(c1ccccc1)S(=O)(=O)c1cccc(NS(=O)(=O)c2ccccc2Cl)c1. The van der Waals surface area contributed by atoms with Crippen molar-refractivity contribution in [3.8, 4) is 0 Å². The molecule has 3 aromatic rings. The van der Waals surface area contributed by atoms with E-state index in [0.29, 0.717) is 5.69 Å². The van der Waals surface area contributed by atoms with Crippen molar-refractivity contribution in [2.45, 2.75) is 9.79 Å². The Morgan fingerprint density at radius 3 is 2.14 bits per heavy atom. The van der Waals surface area contributed by atoms with Crippen molar-refractivity contribution < 1.29 is 16.8 Å². The fourth-order valence-corrected chi connectivity index (χ4v) is 5.34. The zero-order valence-corrected chi connectivity index (χ0v) is 17.2. The molecule has 0 unspecified atom stereocenters. The minimum absolute atomic E-state index is 0.0433. The number of sulfonamides is 2. The highest BCUT2D eigenvalue weighted by atomic mass is 35.5. The van der Waals surface area contributed by atoms with Crippen molar-refractivity contribution >= 4 is 43.0 Å². The summed E-state index contributed by atoms with van der Waals surface area (Å²) in [6.07, 6.45) is 0. The van der Waals surface area contributed by atoms with Gasteiger partial charge >= 0.3 is 0 Å². The van der Waals surface area contributed by atoms with Gasteiger partial charge in [-0.25, -0.2) is 16.8 Å². The van der Waals surface area contributed by atoms with Crippen molar-refractivity contribution in [2.75, 3.05) is 16.1 Å². The lowest BCUT2D eigenvalue weighted by atomic mass is 10.3. The van der Waals surface area contributed by atoms with Crippen molar-refractivity contribution in [3.63, 3.8) is 0 Å². The zero-order chi connectivity index (χ0) is 20.4. The lowest BCUT2D eigenvalue weighted by Crippen LogP contribution is -2.26. The second-order valence-corrected chi connectivity index (χ2v) is 9.90. The summed E-state index contributed by atoms with van der Waals surface area (Å²) in [4.78, 5) is -0.135. The van der Waals surface area contributed by atoms with Gasteiger partial charge in [0.1, 0.15) is 4.90 Å². The van der Waals surface area contributed by atoms with Crippen LogP contribution >= 0.6 is 11.6 Å². The molecule has 28 heavy (non-hydrogen) atoms. The molecule has 0 heterocycles. The van der Waals surface area contributed by atoms with Crippen LogP contribution in [-0.2, 0) is 20.0 Å². The molecule has 0 aliphatic heterocycles. The fraction of sp³-hybridized carbons (Fsp3) is 0.0526. The van der Waals surface area contributed by atoms with Crippen molar-refractivity contribution in [2.24, 2.45) is 0 Å². The Morgan fingerprint density at radius 1 is 0.821 bits per heavy atom. The largest absolute Gasteiger partial charge is 0.280 e. The summed E-state index contributed by atoms with van der Waals surface area (Å²) in [5.41, 5.74) is 0.604. The van der Waals surface area contributed by atoms with Gasteiger partial charge in [-0.3, -0.25) is 9.03 Å². The highest BCUT2D eigenvalue weighted by Crippen LogP contribution is 2.26. The Kier molecular flexibility index (Phi) is 5.64. The van der Waals surface area contributed by atoms with E-state index >= 15 is 0 Å². The zero-order valence-electron chi connectivity index (χ0n) is 14.8. The molecule has 0 saturated carbocycles. The quantitative estimate of drug-likeness (QED) is 0.633. The third kappa shape index (κ3) is 4.14. The molecule has 0 amide bonds. The minimum Gasteiger partial charge on any atom is -0.280 e. The first-order chi connectivity index (χ1) is 13.2. The van der Waals surface area contributed by atoms with Gasteiger partial charge in [0.15, 0.2) is 0 Å². The Balaban J connectivity index is 1.93. The van der Waals surface area contributed by atoms with Crippen LogP contribution in [0, 0.1) is 0 Å². The lowest BCUT2D eigenvalue weighted by molar-refractivity contribution is 0.593. The van der Waals surface area contributed by atoms with Crippen LogP contribution in [0.5, 0.6) is 0 Å². The summed E-state index contributed by atoms with van der Waals surface area (Å²) in [5.74, 6) is 0. The Hall–Kier alpha value is -2.55. The van der Waals surface area contributed by atoms with Crippen LogP contribution in [0.15, 0.2) is 88.7 Å². The van der Waals surface area contributed by atoms with Gasteiger partial charge < -0.3 is 0 Å². The molecule has 0 radical (unpaired) electrons. The molecule has 0 saturated heterocycles. The predicted molar refractivity (Wildman–Crippen MR) is 111 cm³/mol. The van der Waals surface area contributed by atoms with E-state index in [-0.39, 0.29) is 20.5 Å². The van der Waals surface area contributed by atoms with Gasteiger partial charge in [-0.2, -0.15) is 0 Å². The molecule has 0 fully saturated rings. The van der Waals surface area contributed by atoms with Crippen molar-refractivity contribution in [1.82, 2.24) is 0 Å². The molecule has 6 nitrogen and oxygen atoms in total. The van der Waals surface area contributed by atoms with Crippen LogP contribution in [0.3, 0.4) is 0 Å². The maximum absolute atomic E-state index is 12.9. The molecule has 0 aliphatic carbocycles. The second kappa shape index (κ2) is 7.83. The fourth-order valence-electron chi connectivity index (χ4n) is 2.53. The van der Waals surface area contributed by atoms with Crippen LogP contribution < -0.4 is 9.03 Å². The number of rotatable bonds is 6. The van der Waals surface area contributed by atoms with E-state index in [4.69, 9.17) is 11.6 Å². The summed E-state index contributed by atoms with van der Waals surface area (Å²) < 4.78 is 54.5. The number of benzene rings is 3. The molecule has 0 bridgehead atoms. The van der Waals surface area contributed by atoms with Crippen molar-refractivity contribution in [3.05, 3.63) is 83.9 Å². The summed E-state index contributed by atoms with van der Waals surface area (Å²) in [7, 11) is -6.40.